The third-order valence-corrected chi connectivity index (χ3v) is 6.37. The summed E-state index contributed by atoms with van der Waals surface area (Å²) in [5, 5.41) is 15.4. The second-order valence-electron chi connectivity index (χ2n) is 8.73. The number of carboxylic acids is 1. The number of carbonyl (C=O) groups excluding carboxylic acids is 1. The van der Waals surface area contributed by atoms with Gasteiger partial charge in [-0.05, 0) is 80.2 Å². The lowest BCUT2D eigenvalue weighted by Gasteiger charge is -2.29. The maximum Gasteiger partial charge on any atom is 0.303 e. The Kier molecular flexibility index (Phi) is 7.85. The molecule has 1 heterocycles. The van der Waals surface area contributed by atoms with Gasteiger partial charge < -0.3 is 14.6 Å². The number of rotatable bonds is 9. The zero-order valence-corrected chi connectivity index (χ0v) is 20.3. The number of benzene rings is 2. The van der Waals surface area contributed by atoms with E-state index in [0.29, 0.717) is 13.2 Å². The molecule has 0 bridgehead atoms. The summed E-state index contributed by atoms with van der Waals surface area (Å²) in [5.41, 5.74) is 4.07. The fourth-order valence-electron chi connectivity index (χ4n) is 4.82. The van der Waals surface area contributed by atoms with Crippen LogP contribution in [0.25, 0.3) is 6.08 Å². The third-order valence-electron chi connectivity index (χ3n) is 6.37. The van der Waals surface area contributed by atoms with Crippen LogP contribution in [0.4, 0.5) is 0 Å². The van der Waals surface area contributed by atoms with Crippen LogP contribution in [0.1, 0.15) is 63.1 Å². The molecule has 1 saturated carbocycles. The summed E-state index contributed by atoms with van der Waals surface area (Å²) in [6.45, 7) is 5.10. The average Bonchev–Trinajstić information content (AvgIpc) is 3.25. The zero-order chi connectivity index (χ0) is 24.8. The minimum absolute atomic E-state index is 0.0596. The molecule has 7 heteroatoms. The van der Waals surface area contributed by atoms with Crippen LogP contribution in [0.2, 0.25) is 0 Å². The zero-order valence-electron chi connectivity index (χ0n) is 20.3. The smallest absolute Gasteiger partial charge is 0.303 e. The van der Waals surface area contributed by atoms with Gasteiger partial charge in [-0.25, -0.2) is 5.01 Å². The van der Waals surface area contributed by atoms with Crippen molar-refractivity contribution in [3.8, 4) is 11.5 Å². The summed E-state index contributed by atoms with van der Waals surface area (Å²) in [5.74, 6) is 0.411. The molecule has 0 spiro atoms. The van der Waals surface area contributed by atoms with Gasteiger partial charge in [0.05, 0.1) is 31.4 Å². The van der Waals surface area contributed by atoms with Gasteiger partial charge in [0.25, 0.3) is 0 Å². The molecular formula is C28H32N2O5. The summed E-state index contributed by atoms with van der Waals surface area (Å²) < 4.78 is 11.1. The van der Waals surface area contributed by atoms with Crippen LogP contribution in [0.3, 0.4) is 0 Å². The van der Waals surface area contributed by atoms with Crippen LogP contribution < -0.4 is 9.47 Å². The van der Waals surface area contributed by atoms with Gasteiger partial charge in [-0.15, -0.1) is 0 Å². The first kappa shape index (κ1) is 24.5. The van der Waals surface area contributed by atoms with E-state index in [1.54, 1.807) is 0 Å². The lowest BCUT2D eigenvalue weighted by Crippen LogP contribution is -2.32. The Hall–Kier alpha value is -3.61. The lowest BCUT2D eigenvalue weighted by atomic mass is 9.77. The molecule has 0 aromatic heterocycles. The van der Waals surface area contributed by atoms with Crippen molar-refractivity contribution in [3.05, 3.63) is 65.2 Å². The minimum Gasteiger partial charge on any atom is -0.494 e. The van der Waals surface area contributed by atoms with Crippen LogP contribution in [-0.4, -0.2) is 40.9 Å². The standard InChI is InChI=1S/C28H32N2O5/c1-3-34-22-12-8-19(9-13-22)18-21-6-5-7-24-27(21)29-30(25(31)16-17-26(32)33)28(24)20-10-14-23(15-11-20)35-4-2/h8-15,18,24,28H,3-7,16-17H2,1-2H3,(H,32,33)/b21-18+. The maximum atomic E-state index is 13.1. The van der Waals surface area contributed by atoms with Crippen molar-refractivity contribution >= 4 is 23.7 Å². The Balaban J connectivity index is 1.66. The summed E-state index contributed by atoms with van der Waals surface area (Å²) in [6, 6.07) is 15.5. The van der Waals surface area contributed by atoms with Gasteiger partial charge in [0.15, 0.2) is 0 Å². The molecule has 1 aliphatic carbocycles. The highest BCUT2D eigenvalue weighted by Crippen LogP contribution is 2.45. The largest absolute Gasteiger partial charge is 0.494 e. The summed E-state index contributed by atoms with van der Waals surface area (Å²) in [4.78, 5) is 24.2. The number of amides is 1. The second-order valence-corrected chi connectivity index (χ2v) is 8.73. The normalized spacial score (nSPS) is 20.3. The number of nitrogens with zero attached hydrogens (tertiary/aromatic N) is 2. The average molecular weight is 477 g/mol. The highest BCUT2D eigenvalue weighted by molar-refractivity contribution is 6.08. The molecule has 0 saturated heterocycles. The Bertz CT molecular complexity index is 1110. The molecule has 1 amide bonds. The Morgan fingerprint density at radius 2 is 1.63 bits per heavy atom. The number of ether oxygens (including phenoxy) is 2. The van der Waals surface area contributed by atoms with E-state index < -0.39 is 5.97 Å². The van der Waals surface area contributed by atoms with Crippen molar-refractivity contribution in [1.82, 2.24) is 5.01 Å². The van der Waals surface area contributed by atoms with Crippen LogP contribution in [0, 0.1) is 5.92 Å². The molecule has 1 aliphatic heterocycles. The highest BCUT2D eigenvalue weighted by Gasteiger charge is 2.43. The van der Waals surface area contributed by atoms with Crippen molar-refractivity contribution in [1.29, 1.82) is 0 Å². The monoisotopic (exact) mass is 476 g/mol. The van der Waals surface area contributed by atoms with E-state index in [4.69, 9.17) is 19.7 Å². The SMILES string of the molecule is CCOc1ccc(/C=C2\CCCC3C2=NN(C(=O)CCC(=O)O)C3c2ccc(OCC)cc2)cc1. The van der Waals surface area contributed by atoms with E-state index in [1.807, 2.05) is 62.4 Å². The lowest BCUT2D eigenvalue weighted by molar-refractivity contribution is -0.141. The van der Waals surface area contributed by atoms with Crippen molar-refractivity contribution in [2.45, 2.75) is 52.0 Å². The molecule has 2 unspecified atom stereocenters. The van der Waals surface area contributed by atoms with Crippen molar-refractivity contribution in [2.75, 3.05) is 13.2 Å². The van der Waals surface area contributed by atoms with Gasteiger partial charge in [0.1, 0.15) is 11.5 Å². The predicted octanol–water partition coefficient (Wildman–Crippen LogP) is 5.47. The molecule has 1 fully saturated rings. The number of carbonyl (C=O) groups is 2. The molecule has 184 valence electrons. The summed E-state index contributed by atoms with van der Waals surface area (Å²) in [6.07, 6.45) is 4.65. The van der Waals surface area contributed by atoms with Crippen molar-refractivity contribution in [3.63, 3.8) is 0 Å². The number of allylic oxidation sites excluding steroid dienone is 1. The van der Waals surface area contributed by atoms with Crippen molar-refractivity contribution < 1.29 is 24.2 Å². The first-order chi connectivity index (χ1) is 17.0. The van der Waals surface area contributed by atoms with Gasteiger partial charge in [0, 0.05) is 12.3 Å². The van der Waals surface area contributed by atoms with E-state index in [9.17, 15) is 9.59 Å². The number of hydrogen-bond acceptors (Lipinski definition) is 5. The van der Waals surface area contributed by atoms with E-state index in [2.05, 4.69) is 6.08 Å². The van der Waals surface area contributed by atoms with Crippen LogP contribution >= 0.6 is 0 Å². The number of aliphatic carboxylic acids is 1. The van der Waals surface area contributed by atoms with Gasteiger partial charge in [-0.3, -0.25) is 9.59 Å². The van der Waals surface area contributed by atoms with Crippen LogP contribution in [0.5, 0.6) is 11.5 Å². The third kappa shape index (κ3) is 5.73. The Morgan fingerprint density at radius 3 is 2.23 bits per heavy atom. The van der Waals surface area contributed by atoms with E-state index in [-0.39, 0.29) is 30.7 Å². The van der Waals surface area contributed by atoms with Gasteiger partial charge in [-0.1, -0.05) is 24.3 Å². The van der Waals surface area contributed by atoms with Crippen molar-refractivity contribution in [2.24, 2.45) is 11.0 Å². The van der Waals surface area contributed by atoms with Crippen LogP contribution in [-0.2, 0) is 9.59 Å². The number of carboxylic acid groups (broad SMARTS) is 1. The molecule has 1 N–H and O–H groups in total. The summed E-state index contributed by atoms with van der Waals surface area (Å²) >= 11 is 0. The van der Waals surface area contributed by atoms with Gasteiger partial charge in [0.2, 0.25) is 5.91 Å². The Labute approximate surface area is 206 Å². The second kappa shape index (κ2) is 11.2. The maximum absolute atomic E-state index is 13.1. The van der Waals surface area contributed by atoms with Gasteiger partial charge in [-0.2, -0.15) is 5.10 Å². The molecule has 2 atom stereocenters. The first-order valence-electron chi connectivity index (χ1n) is 12.3. The predicted molar refractivity (Wildman–Crippen MR) is 134 cm³/mol. The number of hydrogen-bond donors (Lipinski definition) is 1. The first-order valence-corrected chi connectivity index (χ1v) is 12.3. The molecule has 2 aromatic rings. The topological polar surface area (TPSA) is 88.4 Å². The van der Waals surface area contributed by atoms with Crippen LogP contribution in [0.15, 0.2) is 59.2 Å². The van der Waals surface area contributed by atoms with E-state index in [1.165, 1.54) is 5.01 Å². The fraction of sp³-hybridized carbons (Fsp3) is 0.393. The minimum atomic E-state index is -0.990. The molecule has 4 rings (SSSR count). The fourth-order valence-corrected chi connectivity index (χ4v) is 4.82. The molecule has 7 nitrogen and oxygen atoms in total. The molecule has 0 radical (unpaired) electrons. The molecule has 2 aromatic carbocycles. The van der Waals surface area contributed by atoms with E-state index in [0.717, 1.165) is 53.2 Å². The number of hydrazone groups is 1. The molecular weight excluding hydrogens is 444 g/mol. The highest BCUT2D eigenvalue weighted by atomic mass is 16.5. The van der Waals surface area contributed by atoms with E-state index >= 15 is 0 Å². The van der Waals surface area contributed by atoms with Gasteiger partial charge >= 0.3 is 5.97 Å². The molecule has 35 heavy (non-hydrogen) atoms. The quantitative estimate of drug-likeness (QED) is 0.518. The Morgan fingerprint density at radius 1 is 1.00 bits per heavy atom. The molecule has 2 aliphatic rings. The number of fused-ring (bicyclic) bond motifs is 1. The summed E-state index contributed by atoms with van der Waals surface area (Å²) in [7, 11) is 0.